The van der Waals surface area contributed by atoms with Crippen molar-refractivity contribution in [3.8, 4) is 0 Å². The number of esters is 3. The van der Waals surface area contributed by atoms with E-state index < -0.39 is 12.1 Å². The molecule has 366 valence electrons. The van der Waals surface area contributed by atoms with Crippen LogP contribution in [-0.4, -0.2) is 37.2 Å². The third-order valence-corrected chi connectivity index (χ3v) is 9.79. The molecule has 0 spiro atoms. The summed E-state index contributed by atoms with van der Waals surface area (Å²) in [6.45, 7) is 6.20. The van der Waals surface area contributed by atoms with Crippen LogP contribution in [0.5, 0.6) is 0 Å². The number of unbranched alkanes of at least 4 members (excludes halogenated alkanes) is 6. The fourth-order valence-corrected chi connectivity index (χ4v) is 6.04. The molecule has 0 fully saturated rings. The van der Waals surface area contributed by atoms with Crippen LogP contribution in [0.1, 0.15) is 181 Å². The average molecular weight is 907 g/mol. The minimum Gasteiger partial charge on any atom is -0.462 e. The lowest BCUT2D eigenvalue weighted by atomic mass is 10.1. The Morgan fingerprint density at radius 3 is 0.985 bits per heavy atom. The van der Waals surface area contributed by atoms with Gasteiger partial charge in [-0.2, -0.15) is 0 Å². The van der Waals surface area contributed by atoms with E-state index >= 15 is 0 Å². The Kier molecular flexibility index (Phi) is 48.7. The first-order chi connectivity index (χ1) is 32.5. The van der Waals surface area contributed by atoms with Crippen LogP contribution in [0.4, 0.5) is 0 Å². The van der Waals surface area contributed by atoms with Gasteiger partial charge in [-0.05, 0) is 109 Å². The van der Waals surface area contributed by atoms with Gasteiger partial charge in [-0.3, -0.25) is 14.4 Å². The lowest BCUT2D eigenvalue weighted by molar-refractivity contribution is -0.166. The summed E-state index contributed by atoms with van der Waals surface area (Å²) in [6, 6.07) is 0. The molecule has 0 aromatic rings. The summed E-state index contributed by atoms with van der Waals surface area (Å²) in [5.74, 6) is -1.11. The molecule has 0 rings (SSSR count). The predicted octanol–water partition coefficient (Wildman–Crippen LogP) is 17.0. The number of carbonyl (C=O) groups excluding carboxylic acids is 3. The van der Waals surface area contributed by atoms with Gasteiger partial charge in [0.25, 0.3) is 0 Å². The van der Waals surface area contributed by atoms with Gasteiger partial charge in [0.1, 0.15) is 13.2 Å². The van der Waals surface area contributed by atoms with Crippen LogP contribution in [0, 0.1) is 0 Å². The Bertz CT molecular complexity index is 1560. The highest BCUT2D eigenvalue weighted by Crippen LogP contribution is 2.10. The van der Waals surface area contributed by atoms with Crippen molar-refractivity contribution in [2.24, 2.45) is 0 Å². The van der Waals surface area contributed by atoms with Gasteiger partial charge in [0.05, 0.1) is 0 Å². The van der Waals surface area contributed by atoms with E-state index in [4.69, 9.17) is 14.2 Å². The molecule has 66 heavy (non-hydrogen) atoms. The van der Waals surface area contributed by atoms with Crippen LogP contribution in [0.3, 0.4) is 0 Å². The molecule has 0 heterocycles. The number of allylic oxidation sites excluding steroid dienone is 26. The second-order valence-corrected chi connectivity index (χ2v) is 16.0. The van der Waals surface area contributed by atoms with Crippen molar-refractivity contribution in [2.75, 3.05) is 13.2 Å². The van der Waals surface area contributed by atoms with Crippen LogP contribution in [0.2, 0.25) is 0 Å². The zero-order valence-corrected chi connectivity index (χ0v) is 41.6. The number of rotatable bonds is 43. The summed E-state index contributed by atoms with van der Waals surface area (Å²) >= 11 is 0. The molecule has 1 atom stereocenters. The van der Waals surface area contributed by atoms with Gasteiger partial charge in [-0.1, -0.05) is 211 Å². The van der Waals surface area contributed by atoms with Gasteiger partial charge in [0.15, 0.2) is 6.10 Å². The first kappa shape index (κ1) is 61.0. The summed E-state index contributed by atoms with van der Waals surface area (Å²) in [5.41, 5.74) is 0. The van der Waals surface area contributed by atoms with Crippen LogP contribution >= 0.6 is 0 Å². The van der Waals surface area contributed by atoms with Crippen LogP contribution in [0.15, 0.2) is 158 Å². The lowest BCUT2D eigenvalue weighted by Crippen LogP contribution is -2.30. The van der Waals surface area contributed by atoms with E-state index in [1.54, 1.807) is 0 Å². The van der Waals surface area contributed by atoms with Crippen molar-refractivity contribution in [3.05, 3.63) is 158 Å². The molecular weight excluding hydrogens is 817 g/mol. The molecule has 0 radical (unpaired) electrons. The molecule has 0 saturated heterocycles. The summed E-state index contributed by atoms with van der Waals surface area (Å²) in [6.07, 6.45) is 77.0. The molecule has 0 aliphatic rings. The van der Waals surface area contributed by atoms with E-state index in [2.05, 4.69) is 167 Å². The molecule has 0 aromatic heterocycles. The predicted molar refractivity (Wildman–Crippen MR) is 283 cm³/mol. The first-order valence-electron chi connectivity index (χ1n) is 25.5. The maximum atomic E-state index is 12.7. The molecule has 0 aliphatic heterocycles. The highest BCUT2D eigenvalue weighted by Gasteiger charge is 2.19. The minimum absolute atomic E-state index is 0.134. The van der Waals surface area contributed by atoms with Crippen molar-refractivity contribution in [2.45, 2.75) is 187 Å². The summed E-state index contributed by atoms with van der Waals surface area (Å²) in [7, 11) is 0. The van der Waals surface area contributed by atoms with E-state index in [1.165, 1.54) is 19.3 Å². The van der Waals surface area contributed by atoms with E-state index in [0.29, 0.717) is 19.3 Å². The smallest absolute Gasteiger partial charge is 0.306 e. The maximum Gasteiger partial charge on any atom is 0.306 e. The van der Waals surface area contributed by atoms with E-state index in [0.717, 1.165) is 109 Å². The molecule has 1 unspecified atom stereocenters. The van der Waals surface area contributed by atoms with E-state index in [1.807, 2.05) is 12.2 Å². The lowest BCUT2D eigenvalue weighted by Gasteiger charge is -2.18. The van der Waals surface area contributed by atoms with Gasteiger partial charge in [0.2, 0.25) is 0 Å². The fraction of sp³-hybridized carbons (Fsp3) is 0.517. The summed E-state index contributed by atoms with van der Waals surface area (Å²) in [5, 5.41) is 0. The SMILES string of the molecule is CC/C=C\C/C=C\C/C=C\C/C=C\C/C=C\C/C=C\C/C=C\CCCC(=O)OCC(COC(=O)CCCCCCCC)OC(=O)CC/C=C\C/C=C\C/C=C\C/C=C\C/C=C\C/C=C\CC. The third kappa shape index (κ3) is 50.0. The van der Waals surface area contributed by atoms with Crippen molar-refractivity contribution in [3.63, 3.8) is 0 Å². The van der Waals surface area contributed by atoms with Crippen molar-refractivity contribution < 1.29 is 28.6 Å². The first-order valence-corrected chi connectivity index (χ1v) is 25.5. The monoisotopic (exact) mass is 907 g/mol. The highest BCUT2D eigenvalue weighted by molar-refractivity contribution is 5.71. The Morgan fingerprint density at radius 1 is 0.318 bits per heavy atom. The second kappa shape index (κ2) is 52.7. The van der Waals surface area contributed by atoms with E-state index in [9.17, 15) is 14.4 Å². The number of hydrogen-bond donors (Lipinski definition) is 0. The zero-order valence-electron chi connectivity index (χ0n) is 41.6. The Morgan fingerprint density at radius 2 is 0.621 bits per heavy atom. The second-order valence-electron chi connectivity index (χ2n) is 16.0. The number of carbonyl (C=O) groups is 3. The van der Waals surface area contributed by atoms with Crippen LogP contribution < -0.4 is 0 Å². The quantitative estimate of drug-likeness (QED) is 0.0262. The van der Waals surface area contributed by atoms with Gasteiger partial charge in [-0.15, -0.1) is 0 Å². The summed E-state index contributed by atoms with van der Waals surface area (Å²) in [4.78, 5) is 37.7. The molecule has 0 aromatic carbocycles. The molecule has 0 bridgehead atoms. The molecule has 0 amide bonds. The zero-order chi connectivity index (χ0) is 47.9. The van der Waals surface area contributed by atoms with Crippen LogP contribution in [0.25, 0.3) is 0 Å². The number of ether oxygens (including phenoxy) is 3. The molecule has 0 aliphatic carbocycles. The van der Waals surface area contributed by atoms with Crippen molar-refractivity contribution in [1.29, 1.82) is 0 Å². The average Bonchev–Trinajstić information content (AvgIpc) is 3.31. The number of hydrogen-bond acceptors (Lipinski definition) is 6. The molecular formula is C60H90O6. The largest absolute Gasteiger partial charge is 0.462 e. The Balaban J connectivity index is 4.47. The van der Waals surface area contributed by atoms with Gasteiger partial charge < -0.3 is 14.2 Å². The van der Waals surface area contributed by atoms with Crippen molar-refractivity contribution in [1.82, 2.24) is 0 Å². The van der Waals surface area contributed by atoms with E-state index in [-0.39, 0.29) is 38.0 Å². The highest BCUT2D eigenvalue weighted by atomic mass is 16.6. The Labute approximate surface area is 403 Å². The third-order valence-electron chi connectivity index (χ3n) is 9.79. The van der Waals surface area contributed by atoms with Crippen molar-refractivity contribution >= 4 is 17.9 Å². The minimum atomic E-state index is -0.846. The van der Waals surface area contributed by atoms with Crippen LogP contribution in [-0.2, 0) is 28.6 Å². The maximum absolute atomic E-state index is 12.7. The summed E-state index contributed by atoms with van der Waals surface area (Å²) < 4.78 is 16.6. The molecule has 6 nitrogen and oxygen atoms in total. The topological polar surface area (TPSA) is 78.9 Å². The molecule has 0 N–H and O–H groups in total. The Hall–Kier alpha value is -4.97. The fourth-order valence-electron chi connectivity index (χ4n) is 6.04. The standard InChI is InChI=1S/C60H90O6/c1-4-7-10-13-16-18-20-22-24-26-28-29-30-31-33-34-36-38-40-42-44-47-50-53-59(62)65-56-57(55-64-58(61)52-49-46-15-12-9-6-3)66-60(63)54-51-48-45-43-41-39-37-35-32-27-25-23-21-19-17-14-11-8-5-2/h7-8,10-11,16-19,22-25,28-29,31-33,35-36,38-39,41-42,44-45,48,57H,4-6,9,12-15,20-21,26-27,30,34,37,40,43,46-47,49-56H2,1-3H3/b10-7-,11-8-,18-16-,19-17-,24-22-,25-23-,29-28-,33-31-,35-32-,38-36-,41-39-,44-42-,48-45-. The normalized spacial score (nSPS) is 13.4. The van der Waals surface area contributed by atoms with Gasteiger partial charge >= 0.3 is 17.9 Å². The molecule has 6 heteroatoms. The molecule has 0 saturated carbocycles. The van der Waals surface area contributed by atoms with Gasteiger partial charge in [-0.25, -0.2) is 0 Å². The van der Waals surface area contributed by atoms with Gasteiger partial charge in [0, 0.05) is 19.3 Å².